The number of carbonyl (C=O) groups is 2. The Morgan fingerprint density at radius 2 is 2.00 bits per heavy atom. The third kappa shape index (κ3) is 4.87. The minimum atomic E-state index is -0.226. The second-order valence-corrected chi connectivity index (χ2v) is 9.05. The summed E-state index contributed by atoms with van der Waals surface area (Å²) in [6.07, 6.45) is 9.73. The second kappa shape index (κ2) is 9.09. The van der Waals surface area contributed by atoms with Crippen LogP contribution in [0.2, 0.25) is 5.02 Å². The van der Waals surface area contributed by atoms with Crippen LogP contribution in [-0.2, 0) is 11.2 Å². The summed E-state index contributed by atoms with van der Waals surface area (Å²) >= 11 is 7.33. The Balaban J connectivity index is 1.34. The Labute approximate surface area is 179 Å². The Hall–Kier alpha value is -2.18. The summed E-state index contributed by atoms with van der Waals surface area (Å²) in [5, 5.41) is 7.05. The molecular weight excluding hydrogens is 406 g/mol. The summed E-state index contributed by atoms with van der Waals surface area (Å²) in [4.78, 5) is 30.7. The van der Waals surface area contributed by atoms with Crippen molar-refractivity contribution in [2.45, 2.75) is 50.9 Å². The number of nitrogens with zero attached hydrogens (tertiary/aromatic N) is 1. The van der Waals surface area contributed by atoms with Crippen LogP contribution in [0.1, 0.15) is 65.4 Å². The average molecular weight is 430 g/mol. The molecule has 1 atom stereocenters. The molecule has 1 aromatic carbocycles. The Kier molecular flexibility index (Phi) is 6.31. The summed E-state index contributed by atoms with van der Waals surface area (Å²) < 4.78 is 0. The SMILES string of the molecule is O=C(Nc1nc2c(s1)CCC2C(=O)NCCC1=CCCCC1)c1ccc(Cl)cc1. The van der Waals surface area contributed by atoms with Crippen LogP contribution >= 0.6 is 22.9 Å². The van der Waals surface area contributed by atoms with Crippen molar-refractivity contribution >= 4 is 39.9 Å². The van der Waals surface area contributed by atoms with Crippen LogP contribution < -0.4 is 10.6 Å². The predicted octanol–water partition coefficient (Wildman–Crippen LogP) is 5.09. The lowest BCUT2D eigenvalue weighted by Gasteiger charge is -2.14. The molecule has 1 aromatic heterocycles. The maximum Gasteiger partial charge on any atom is 0.257 e. The maximum absolute atomic E-state index is 12.7. The first kappa shape index (κ1) is 20.1. The van der Waals surface area contributed by atoms with Crippen molar-refractivity contribution in [3.63, 3.8) is 0 Å². The highest BCUT2D eigenvalue weighted by Crippen LogP contribution is 2.38. The molecular formula is C22H24ClN3O2S. The quantitative estimate of drug-likeness (QED) is 0.628. The fourth-order valence-electron chi connectivity index (χ4n) is 3.91. The van der Waals surface area contributed by atoms with Crippen LogP contribution in [0.5, 0.6) is 0 Å². The number of allylic oxidation sites excluding steroid dienone is 1. The number of rotatable bonds is 6. The van der Waals surface area contributed by atoms with Gasteiger partial charge in [-0.05, 0) is 69.2 Å². The molecule has 1 heterocycles. The normalized spacial score (nSPS) is 18.1. The minimum absolute atomic E-state index is 0.0426. The standard InChI is InChI=1S/C22H24ClN3O2S/c23-16-8-6-15(7-9-16)20(27)26-22-25-19-17(10-11-18(19)29-22)21(28)24-13-12-14-4-2-1-3-5-14/h4,6-9,17H,1-3,5,10-13H2,(H,24,28)(H,25,26,27). The van der Waals surface area contributed by atoms with Crippen LogP contribution in [-0.4, -0.2) is 23.3 Å². The zero-order chi connectivity index (χ0) is 20.2. The zero-order valence-electron chi connectivity index (χ0n) is 16.2. The van der Waals surface area contributed by atoms with Gasteiger partial charge in [0.15, 0.2) is 5.13 Å². The van der Waals surface area contributed by atoms with E-state index in [0.29, 0.717) is 22.3 Å². The van der Waals surface area contributed by atoms with E-state index in [1.54, 1.807) is 24.3 Å². The summed E-state index contributed by atoms with van der Waals surface area (Å²) in [6.45, 7) is 0.681. The number of aromatic nitrogens is 1. The van der Waals surface area contributed by atoms with E-state index in [0.717, 1.165) is 36.3 Å². The van der Waals surface area contributed by atoms with Crippen LogP contribution in [0.15, 0.2) is 35.9 Å². The first-order chi connectivity index (χ1) is 14.1. The van der Waals surface area contributed by atoms with Crippen molar-refractivity contribution in [2.24, 2.45) is 0 Å². The number of nitrogens with one attached hydrogen (secondary N) is 2. The fourth-order valence-corrected chi connectivity index (χ4v) is 5.07. The largest absolute Gasteiger partial charge is 0.355 e. The minimum Gasteiger partial charge on any atom is -0.355 e. The highest BCUT2D eigenvalue weighted by Gasteiger charge is 2.32. The first-order valence-corrected chi connectivity index (χ1v) is 11.3. The van der Waals surface area contributed by atoms with Crippen LogP contribution in [0.25, 0.3) is 0 Å². The van der Waals surface area contributed by atoms with E-state index >= 15 is 0 Å². The van der Waals surface area contributed by atoms with Gasteiger partial charge in [-0.3, -0.25) is 14.9 Å². The van der Waals surface area contributed by atoms with E-state index in [1.807, 2.05) is 0 Å². The van der Waals surface area contributed by atoms with E-state index < -0.39 is 0 Å². The van der Waals surface area contributed by atoms with Gasteiger partial charge in [0.1, 0.15) is 0 Å². The molecule has 7 heteroatoms. The summed E-state index contributed by atoms with van der Waals surface area (Å²) in [5.74, 6) is -0.403. The molecule has 2 aliphatic rings. The molecule has 0 fully saturated rings. The summed E-state index contributed by atoms with van der Waals surface area (Å²) in [5.41, 5.74) is 2.80. The highest BCUT2D eigenvalue weighted by atomic mass is 35.5. The van der Waals surface area contributed by atoms with Crippen molar-refractivity contribution in [3.05, 3.63) is 57.1 Å². The van der Waals surface area contributed by atoms with Crippen LogP contribution in [0.3, 0.4) is 0 Å². The van der Waals surface area contributed by atoms with Crippen molar-refractivity contribution in [1.82, 2.24) is 10.3 Å². The van der Waals surface area contributed by atoms with E-state index in [-0.39, 0.29) is 17.7 Å². The molecule has 4 rings (SSSR count). The molecule has 0 saturated heterocycles. The van der Waals surface area contributed by atoms with E-state index in [1.165, 1.54) is 36.2 Å². The van der Waals surface area contributed by atoms with Gasteiger partial charge < -0.3 is 5.32 Å². The predicted molar refractivity (Wildman–Crippen MR) is 117 cm³/mol. The molecule has 0 saturated carbocycles. The zero-order valence-corrected chi connectivity index (χ0v) is 17.7. The van der Waals surface area contributed by atoms with Gasteiger partial charge in [0.05, 0.1) is 11.6 Å². The number of anilines is 1. The number of hydrogen-bond acceptors (Lipinski definition) is 4. The average Bonchev–Trinajstić information content (AvgIpc) is 3.29. The smallest absolute Gasteiger partial charge is 0.257 e. The van der Waals surface area contributed by atoms with Gasteiger partial charge in [-0.25, -0.2) is 4.98 Å². The van der Waals surface area contributed by atoms with Gasteiger partial charge in [-0.2, -0.15) is 0 Å². The van der Waals surface area contributed by atoms with Gasteiger partial charge in [-0.15, -0.1) is 11.3 Å². The van der Waals surface area contributed by atoms with Crippen LogP contribution in [0.4, 0.5) is 5.13 Å². The monoisotopic (exact) mass is 429 g/mol. The molecule has 2 amide bonds. The summed E-state index contributed by atoms with van der Waals surface area (Å²) in [7, 11) is 0. The molecule has 0 aliphatic heterocycles. The van der Waals surface area contributed by atoms with Crippen molar-refractivity contribution in [3.8, 4) is 0 Å². The molecule has 5 nitrogen and oxygen atoms in total. The van der Waals surface area contributed by atoms with Crippen molar-refractivity contribution < 1.29 is 9.59 Å². The molecule has 1 unspecified atom stereocenters. The Bertz CT molecular complexity index is 936. The first-order valence-electron chi connectivity index (χ1n) is 10.1. The van der Waals surface area contributed by atoms with Crippen molar-refractivity contribution in [1.29, 1.82) is 0 Å². The Morgan fingerprint density at radius 3 is 2.76 bits per heavy atom. The number of amides is 2. The molecule has 152 valence electrons. The molecule has 29 heavy (non-hydrogen) atoms. The summed E-state index contributed by atoms with van der Waals surface area (Å²) in [6, 6.07) is 6.72. The number of aryl methyl sites for hydroxylation is 1. The van der Waals surface area contributed by atoms with Gasteiger partial charge in [-0.1, -0.05) is 23.3 Å². The maximum atomic E-state index is 12.7. The molecule has 2 aliphatic carbocycles. The number of carbonyl (C=O) groups excluding carboxylic acids is 2. The number of benzene rings is 1. The number of halogens is 1. The number of fused-ring (bicyclic) bond motifs is 1. The van der Waals surface area contributed by atoms with Crippen molar-refractivity contribution in [2.75, 3.05) is 11.9 Å². The topological polar surface area (TPSA) is 71.1 Å². The third-order valence-electron chi connectivity index (χ3n) is 5.49. The lowest BCUT2D eigenvalue weighted by molar-refractivity contribution is -0.122. The lowest BCUT2D eigenvalue weighted by Crippen LogP contribution is -2.29. The number of thiazole rings is 1. The number of hydrogen-bond donors (Lipinski definition) is 2. The van der Waals surface area contributed by atoms with Crippen LogP contribution in [0, 0.1) is 0 Å². The molecule has 2 N–H and O–H groups in total. The van der Waals surface area contributed by atoms with E-state index in [2.05, 4.69) is 21.7 Å². The van der Waals surface area contributed by atoms with E-state index in [4.69, 9.17) is 11.6 Å². The molecule has 0 spiro atoms. The Morgan fingerprint density at radius 1 is 1.17 bits per heavy atom. The van der Waals surface area contributed by atoms with Gasteiger partial charge in [0.2, 0.25) is 5.91 Å². The molecule has 2 aromatic rings. The second-order valence-electron chi connectivity index (χ2n) is 7.53. The molecule has 0 radical (unpaired) electrons. The lowest BCUT2D eigenvalue weighted by atomic mass is 9.97. The molecule has 0 bridgehead atoms. The van der Waals surface area contributed by atoms with Gasteiger partial charge in [0, 0.05) is 22.0 Å². The third-order valence-corrected chi connectivity index (χ3v) is 6.79. The van der Waals surface area contributed by atoms with E-state index in [9.17, 15) is 9.59 Å². The van der Waals surface area contributed by atoms with Gasteiger partial charge >= 0.3 is 0 Å². The fraction of sp³-hybridized carbons (Fsp3) is 0.409. The van der Waals surface area contributed by atoms with Gasteiger partial charge in [0.25, 0.3) is 5.91 Å². The highest BCUT2D eigenvalue weighted by molar-refractivity contribution is 7.16.